The van der Waals surface area contributed by atoms with Crippen LogP contribution >= 0.6 is 0 Å². The predicted octanol–water partition coefficient (Wildman–Crippen LogP) is 3.93. The summed E-state index contributed by atoms with van der Waals surface area (Å²) in [5, 5.41) is 5.77. The van der Waals surface area contributed by atoms with Crippen LogP contribution in [0.25, 0.3) is 0 Å². The highest BCUT2D eigenvalue weighted by atomic mass is 16.7. The molecule has 0 bridgehead atoms. The highest BCUT2D eigenvalue weighted by Gasteiger charge is 2.52. The van der Waals surface area contributed by atoms with Gasteiger partial charge in [0.05, 0.1) is 22.4 Å². The molecule has 2 aliphatic heterocycles. The average Bonchev–Trinajstić information content (AvgIpc) is 3.08. The number of hydrogen-bond acceptors (Lipinski definition) is 5. The van der Waals surface area contributed by atoms with Crippen LogP contribution in [0.5, 0.6) is 0 Å². The molecule has 4 rings (SSSR count). The molecule has 9 heteroatoms. The molecular formula is C25H34B2N2O5. The molecule has 2 fully saturated rings. The lowest BCUT2D eigenvalue weighted by Crippen LogP contribution is -2.41. The van der Waals surface area contributed by atoms with Crippen molar-refractivity contribution >= 4 is 42.6 Å². The van der Waals surface area contributed by atoms with Gasteiger partial charge in [0.25, 0.3) is 0 Å². The Bertz CT molecular complexity index is 971. The lowest BCUT2D eigenvalue weighted by molar-refractivity contribution is 0.00578. The zero-order chi connectivity index (χ0) is 24.9. The second-order valence-corrected chi connectivity index (χ2v) is 11.0. The van der Waals surface area contributed by atoms with Crippen LogP contribution in [-0.4, -0.2) is 42.7 Å². The van der Waals surface area contributed by atoms with E-state index in [-0.39, 0.29) is 6.03 Å². The Morgan fingerprint density at radius 2 is 0.941 bits per heavy atom. The molecule has 0 saturated carbocycles. The fraction of sp³-hybridized carbons (Fsp3) is 0.480. The summed E-state index contributed by atoms with van der Waals surface area (Å²) in [6.45, 7) is 16.1. The number of rotatable bonds is 4. The third-order valence-electron chi connectivity index (χ3n) is 7.34. The van der Waals surface area contributed by atoms with Crippen LogP contribution in [0, 0.1) is 0 Å². The largest absolute Gasteiger partial charge is 0.494 e. The highest BCUT2D eigenvalue weighted by Crippen LogP contribution is 2.37. The Morgan fingerprint density at radius 3 is 1.26 bits per heavy atom. The first-order chi connectivity index (χ1) is 15.7. The van der Waals surface area contributed by atoms with Crippen molar-refractivity contribution < 1.29 is 23.4 Å². The van der Waals surface area contributed by atoms with Gasteiger partial charge in [-0.15, -0.1) is 0 Å². The van der Waals surface area contributed by atoms with Crippen LogP contribution in [0.1, 0.15) is 55.4 Å². The standard InChI is InChI=1S/C25H34B2N2O5/c1-22(2)23(3,4)32-26(31-22)17-11-9-13-19(15-17)28-21(30)29-20-14-10-12-18(16-20)27-33-24(5,6)25(7,8)34-27/h9-16H,1-8H3,(H2,28,29,30). The van der Waals surface area contributed by atoms with Gasteiger partial charge in [-0.3, -0.25) is 0 Å². The Hall–Kier alpha value is -2.32. The number of urea groups is 1. The third kappa shape index (κ3) is 4.75. The summed E-state index contributed by atoms with van der Waals surface area (Å²) in [6.07, 6.45) is 0. The van der Waals surface area contributed by atoms with Gasteiger partial charge in [0, 0.05) is 11.4 Å². The minimum absolute atomic E-state index is 0.350. The molecule has 0 radical (unpaired) electrons. The molecule has 2 heterocycles. The van der Waals surface area contributed by atoms with Crippen molar-refractivity contribution in [1.82, 2.24) is 0 Å². The smallest absolute Gasteiger partial charge is 0.399 e. The summed E-state index contributed by atoms with van der Waals surface area (Å²) >= 11 is 0. The molecule has 0 aliphatic carbocycles. The van der Waals surface area contributed by atoms with Gasteiger partial charge >= 0.3 is 20.3 Å². The predicted molar refractivity (Wildman–Crippen MR) is 137 cm³/mol. The quantitative estimate of drug-likeness (QED) is 0.671. The van der Waals surface area contributed by atoms with Gasteiger partial charge in [0.15, 0.2) is 0 Å². The van der Waals surface area contributed by atoms with Crippen molar-refractivity contribution in [3.05, 3.63) is 48.5 Å². The van der Waals surface area contributed by atoms with E-state index in [4.69, 9.17) is 18.6 Å². The molecule has 7 nitrogen and oxygen atoms in total. The van der Waals surface area contributed by atoms with E-state index in [1.54, 1.807) is 0 Å². The Kier molecular flexibility index (Phi) is 6.13. The first kappa shape index (κ1) is 24.8. The molecular weight excluding hydrogens is 430 g/mol. The summed E-state index contributed by atoms with van der Waals surface area (Å²) in [5.41, 5.74) is 1.26. The van der Waals surface area contributed by atoms with E-state index in [9.17, 15) is 4.79 Å². The summed E-state index contributed by atoms with van der Waals surface area (Å²) in [5.74, 6) is 0. The van der Waals surface area contributed by atoms with E-state index in [0.29, 0.717) is 11.4 Å². The minimum Gasteiger partial charge on any atom is -0.399 e. The lowest BCUT2D eigenvalue weighted by Gasteiger charge is -2.32. The van der Waals surface area contributed by atoms with Gasteiger partial charge in [-0.25, -0.2) is 4.79 Å². The van der Waals surface area contributed by atoms with Crippen LogP contribution in [0.15, 0.2) is 48.5 Å². The van der Waals surface area contributed by atoms with Gasteiger partial charge in [-0.1, -0.05) is 24.3 Å². The normalized spacial score (nSPS) is 22.0. The van der Waals surface area contributed by atoms with Crippen LogP contribution in [0.4, 0.5) is 16.2 Å². The van der Waals surface area contributed by atoms with Gasteiger partial charge in [0.2, 0.25) is 0 Å². The van der Waals surface area contributed by atoms with Crippen molar-refractivity contribution in [1.29, 1.82) is 0 Å². The number of nitrogens with one attached hydrogen (secondary N) is 2. The molecule has 2 aromatic carbocycles. The minimum atomic E-state index is -0.494. The molecule has 2 saturated heterocycles. The second kappa shape index (κ2) is 8.41. The van der Waals surface area contributed by atoms with Gasteiger partial charge in [0.1, 0.15) is 0 Å². The molecule has 2 N–H and O–H groups in total. The van der Waals surface area contributed by atoms with Gasteiger partial charge in [-0.2, -0.15) is 0 Å². The first-order valence-electron chi connectivity index (χ1n) is 11.7. The number of benzene rings is 2. The summed E-state index contributed by atoms with van der Waals surface area (Å²) in [4.78, 5) is 12.7. The van der Waals surface area contributed by atoms with Crippen LogP contribution in [0.3, 0.4) is 0 Å². The highest BCUT2D eigenvalue weighted by molar-refractivity contribution is 6.62. The molecule has 2 amide bonds. The lowest BCUT2D eigenvalue weighted by atomic mass is 9.79. The monoisotopic (exact) mass is 464 g/mol. The topological polar surface area (TPSA) is 78.1 Å². The SMILES string of the molecule is CC1(C)OB(c2cccc(NC(=O)Nc3cccc(B4OC(C)(C)C(C)(C)O4)c3)c2)OC1(C)C. The zero-order valence-electron chi connectivity index (χ0n) is 21.3. The molecule has 34 heavy (non-hydrogen) atoms. The fourth-order valence-corrected chi connectivity index (χ4v) is 3.78. The molecule has 0 atom stereocenters. The van der Waals surface area contributed by atoms with Gasteiger partial charge in [-0.05, 0) is 90.6 Å². The van der Waals surface area contributed by atoms with Crippen molar-refractivity contribution in [3.8, 4) is 0 Å². The van der Waals surface area contributed by atoms with E-state index in [0.717, 1.165) is 10.9 Å². The van der Waals surface area contributed by atoms with Crippen LogP contribution in [0.2, 0.25) is 0 Å². The molecule has 2 aromatic rings. The van der Waals surface area contributed by atoms with Gasteiger partial charge < -0.3 is 29.3 Å². The summed E-state index contributed by atoms with van der Waals surface area (Å²) < 4.78 is 24.5. The van der Waals surface area contributed by atoms with E-state index < -0.39 is 36.6 Å². The second-order valence-electron chi connectivity index (χ2n) is 11.0. The molecule has 0 spiro atoms. The molecule has 180 valence electrons. The van der Waals surface area contributed by atoms with E-state index in [2.05, 4.69) is 10.6 Å². The van der Waals surface area contributed by atoms with E-state index in [1.165, 1.54) is 0 Å². The van der Waals surface area contributed by atoms with E-state index >= 15 is 0 Å². The molecule has 0 aromatic heterocycles. The maximum absolute atomic E-state index is 12.7. The number of carbonyl (C=O) groups excluding carboxylic acids is 1. The van der Waals surface area contributed by atoms with Crippen molar-refractivity contribution in [2.75, 3.05) is 10.6 Å². The van der Waals surface area contributed by atoms with Crippen molar-refractivity contribution in [2.24, 2.45) is 0 Å². The number of amides is 2. The third-order valence-corrected chi connectivity index (χ3v) is 7.34. The maximum Gasteiger partial charge on any atom is 0.494 e. The Balaban J connectivity index is 1.42. The number of anilines is 2. The summed E-state index contributed by atoms with van der Waals surface area (Å²) in [6, 6.07) is 14.6. The first-order valence-corrected chi connectivity index (χ1v) is 11.7. The zero-order valence-corrected chi connectivity index (χ0v) is 21.3. The van der Waals surface area contributed by atoms with Crippen molar-refractivity contribution in [3.63, 3.8) is 0 Å². The van der Waals surface area contributed by atoms with E-state index in [1.807, 2.05) is 104 Å². The summed E-state index contributed by atoms with van der Waals surface area (Å²) in [7, 11) is -0.988. The fourth-order valence-electron chi connectivity index (χ4n) is 3.78. The van der Waals surface area contributed by atoms with Crippen molar-refractivity contribution in [2.45, 2.75) is 77.8 Å². The maximum atomic E-state index is 12.7. The van der Waals surface area contributed by atoms with Crippen LogP contribution in [-0.2, 0) is 18.6 Å². The Labute approximate surface area is 203 Å². The molecule has 2 aliphatic rings. The molecule has 0 unspecified atom stereocenters. The van der Waals surface area contributed by atoms with Crippen LogP contribution < -0.4 is 21.6 Å². The average molecular weight is 464 g/mol. The number of hydrogen-bond donors (Lipinski definition) is 2. The Morgan fingerprint density at radius 1 is 0.618 bits per heavy atom. The number of carbonyl (C=O) groups is 1.